The summed E-state index contributed by atoms with van der Waals surface area (Å²) in [4.78, 5) is 4.21. The number of halogens is 1. The van der Waals surface area contributed by atoms with Gasteiger partial charge in [-0.05, 0) is 64.6 Å². The third kappa shape index (κ3) is 2.26. The van der Waals surface area contributed by atoms with Gasteiger partial charge < -0.3 is 0 Å². The van der Waals surface area contributed by atoms with E-state index in [1.165, 1.54) is 24.8 Å². The van der Waals surface area contributed by atoms with Crippen molar-refractivity contribution in [1.29, 1.82) is 0 Å². The van der Waals surface area contributed by atoms with Crippen molar-refractivity contribution < 1.29 is 0 Å². The molecule has 0 amide bonds. The first-order chi connectivity index (χ1) is 8.29. The van der Waals surface area contributed by atoms with Crippen molar-refractivity contribution in [2.24, 2.45) is 23.6 Å². The summed E-state index contributed by atoms with van der Waals surface area (Å²) < 4.78 is 1.04. The average molecular weight is 296 g/mol. The summed E-state index contributed by atoms with van der Waals surface area (Å²) in [7, 11) is 0. The molecule has 2 aliphatic carbocycles. The van der Waals surface area contributed by atoms with Crippen LogP contribution in [-0.2, 0) is 6.42 Å². The van der Waals surface area contributed by atoms with Crippen molar-refractivity contribution in [3.05, 3.63) is 28.5 Å². The summed E-state index contributed by atoms with van der Waals surface area (Å²) in [6, 6.07) is 2.55. The molecule has 92 valence electrons. The maximum absolute atomic E-state index is 5.72. The molecule has 3 unspecified atom stereocenters. The lowest BCUT2D eigenvalue weighted by molar-refractivity contribution is 0.410. The number of nitrogens with zero attached hydrogens (tertiary/aromatic N) is 1. The minimum absolute atomic E-state index is 0.418. The van der Waals surface area contributed by atoms with E-state index in [1.807, 2.05) is 12.4 Å². The van der Waals surface area contributed by atoms with Gasteiger partial charge in [0.05, 0.1) is 0 Å². The Labute approximate surface area is 110 Å². The number of hydrogen-bond acceptors (Lipinski definition) is 3. The highest BCUT2D eigenvalue weighted by molar-refractivity contribution is 9.10. The Balaban J connectivity index is 1.66. The van der Waals surface area contributed by atoms with E-state index in [-0.39, 0.29) is 0 Å². The second-order valence-corrected chi connectivity index (χ2v) is 6.24. The maximum atomic E-state index is 5.72. The molecule has 2 saturated carbocycles. The summed E-state index contributed by atoms with van der Waals surface area (Å²) in [5.74, 6) is 8.40. The molecule has 4 heteroatoms. The standard InChI is InChI=1S/C13H18BrN3/c14-9-4-8(6-16-7-9)5-12(17-15)13-10-2-1-3-11(10)13/h4,6-7,10-13,17H,1-3,5,15H2. The molecule has 3 N–H and O–H groups in total. The molecule has 0 saturated heterocycles. The molecule has 3 atom stereocenters. The normalized spacial score (nSPS) is 32.2. The molecule has 1 aromatic heterocycles. The minimum Gasteiger partial charge on any atom is -0.271 e. The van der Waals surface area contributed by atoms with Gasteiger partial charge in [0.2, 0.25) is 0 Å². The summed E-state index contributed by atoms with van der Waals surface area (Å²) >= 11 is 3.46. The van der Waals surface area contributed by atoms with E-state index in [1.54, 1.807) is 0 Å². The zero-order valence-electron chi connectivity index (χ0n) is 9.77. The smallest absolute Gasteiger partial charge is 0.0410 e. The summed E-state index contributed by atoms with van der Waals surface area (Å²) in [6.45, 7) is 0. The number of hydrogen-bond donors (Lipinski definition) is 2. The lowest BCUT2D eigenvalue weighted by atomic mass is 9.98. The van der Waals surface area contributed by atoms with Crippen LogP contribution in [0.25, 0.3) is 0 Å². The lowest BCUT2D eigenvalue weighted by Crippen LogP contribution is -2.39. The number of fused-ring (bicyclic) bond motifs is 1. The number of nitrogens with two attached hydrogens (primary N) is 1. The molecule has 3 rings (SSSR count). The first-order valence-electron chi connectivity index (χ1n) is 6.35. The second kappa shape index (κ2) is 4.67. The van der Waals surface area contributed by atoms with E-state index in [0.29, 0.717) is 6.04 Å². The van der Waals surface area contributed by atoms with Crippen molar-refractivity contribution in [2.45, 2.75) is 31.7 Å². The second-order valence-electron chi connectivity index (χ2n) is 5.32. The van der Waals surface area contributed by atoms with Crippen LogP contribution in [0.2, 0.25) is 0 Å². The van der Waals surface area contributed by atoms with Crippen LogP contribution in [0.1, 0.15) is 24.8 Å². The summed E-state index contributed by atoms with van der Waals surface area (Å²) in [5.41, 5.74) is 4.27. The number of nitrogens with one attached hydrogen (secondary N) is 1. The third-order valence-electron chi connectivity index (χ3n) is 4.37. The molecule has 2 aliphatic rings. The van der Waals surface area contributed by atoms with E-state index in [4.69, 9.17) is 5.84 Å². The van der Waals surface area contributed by atoms with Crippen molar-refractivity contribution in [3.63, 3.8) is 0 Å². The van der Waals surface area contributed by atoms with Gasteiger partial charge in [0.25, 0.3) is 0 Å². The topological polar surface area (TPSA) is 50.9 Å². The number of hydrazine groups is 1. The highest BCUT2D eigenvalue weighted by Gasteiger charge is 2.55. The SMILES string of the molecule is NNC(Cc1cncc(Br)c1)C1C2CCCC21. The highest BCUT2D eigenvalue weighted by atomic mass is 79.9. The molecular weight excluding hydrogens is 278 g/mol. The van der Waals surface area contributed by atoms with Gasteiger partial charge in [0.1, 0.15) is 0 Å². The Hall–Kier alpha value is -0.450. The quantitative estimate of drug-likeness (QED) is 0.662. The van der Waals surface area contributed by atoms with E-state index in [0.717, 1.165) is 28.6 Å². The molecule has 17 heavy (non-hydrogen) atoms. The lowest BCUT2D eigenvalue weighted by Gasteiger charge is -2.17. The van der Waals surface area contributed by atoms with Gasteiger partial charge in [0, 0.05) is 22.9 Å². The van der Waals surface area contributed by atoms with E-state index in [9.17, 15) is 0 Å². The van der Waals surface area contributed by atoms with Crippen LogP contribution in [0.15, 0.2) is 22.9 Å². The number of rotatable bonds is 4. The number of aromatic nitrogens is 1. The Morgan fingerprint density at radius 3 is 2.82 bits per heavy atom. The molecule has 1 aromatic rings. The van der Waals surface area contributed by atoms with Gasteiger partial charge in [0.15, 0.2) is 0 Å². The van der Waals surface area contributed by atoms with Crippen LogP contribution < -0.4 is 11.3 Å². The van der Waals surface area contributed by atoms with Gasteiger partial charge in [-0.15, -0.1) is 0 Å². The van der Waals surface area contributed by atoms with Crippen LogP contribution in [0.5, 0.6) is 0 Å². The van der Waals surface area contributed by atoms with Gasteiger partial charge >= 0.3 is 0 Å². The zero-order chi connectivity index (χ0) is 11.8. The van der Waals surface area contributed by atoms with Crippen molar-refractivity contribution in [1.82, 2.24) is 10.4 Å². The minimum atomic E-state index is 0.418. The van der Waals surface area contributed by atoms with Gasteiger partial charge in [-0.25, -0.2) is 0 Å². The van der Waals surface area contributed by atoms with Gasteiger partial charge in [-0.2, -0.15) is 0 Å². The van der Waals surface area contributed by atoms with Crippen molar-refractivity contribution in [2.75, 3.05) is 0 Å². The molecule has 0 bridgehead atoms. The summed E-state index contributed by atoms with van der Waals surface area (Å²) in [6.07, 6.45) is 8.98. The fraction of sp³-hybridized carbons (Fsp3) is 0.615. The predicted octanol–water partition coefficient (Wildman–Crippen LogP) is 2.26. The van der Waals surface area contributed by atoms with Gasteiger partial charge in [-0.1, -0.05) is 6.42 Å². The number of pyridine rings is 1. The average Bonchev–Trinajstić information content (AvgIpc) is 2.80. The summed E-state index contributed by atoms with van der Waals surface area (Å²) in [5, 5.41) is 0. The molecule has 0 aliphatic heterocycles. The first-order valence-corrected chi connectivity index (χ1v) is 7.14. The van der Waals surface area contributed by atoms with Crippen LogP contribution in [0.4, 0.5) is 0 Å². The zero-order valence-corrected chi connectivity index (χ0v) is 11.4. The van der Waals surface area contributed by atoms with Crippen molar-refractivity contribution in [3.8, 4) is 0 Å². The van der Waals surface area contributed by atoms with E-state index < -0.39 is 0 Å². The van der Waals surface area contributed by atoms with Crippen LogP contribution in [-0.4, -0.2) is 11.0 Å². The van der Waals surface area contributed by atoms with E-state index in [2.05, 4.69) is 32.4 Å². The largest absolute Gasteiger partial charge is 0.271 e. The Bertz CT molecular complexity index is 399. The monoisotopic (exact) mass is 295 g/mol. The predicted molar refractivity (Wildman–Crippen MR) is 71.1 cm³/mol. The molecule has 0 spiro atoms. The fourth-order valence-corrected chi connectivity index (χ4v) is 4.01. The fourth-order valence-electron chi connectivity index (χ4n) is 3.60. The Kier molecular flexibility index (Phi) is 3.19. The third-order valence-corrected chi connectivity index (χ3v) is 4.80. The van der Waals surface area contributed by atoms with Crippen LogP contribution in [0.3, 0.4) is 0 Å². The van der Waals surface area contributed by atoms with Gasteiger partial charge in [-0.3, -0.25) is 16.3 Å². The molecular formula is C13H18BrN3. The molecule has 1 heterocycles. The van der Waals surface area contributed by atoms with Crippen molar-refractivity contribution >= 4 is 15.9 Å². The highest BCUT2D eigenvalue weighted by Crippen LogP contribution is 2.59. The molecule has 0 radical (unpaired) electrons. The first kappa shape index (κ1) is 11.6. The molecule has 2 fully saturated rings. The van der Waals surface area contributed by atoms with E-state index >= 15 is 0 Å². The Morgan fingerprint density at radius 1 is 1.41 bits per heavy atom. The van der Waals surface area contributed by atoms with Crippen LogP contribution >= 0.6 is 15.9 Å². The molecule has 0 aromatic carbocycles. The van der Waals surface area contributed by atoms with Crippen LogP contribution in [0, 0.1) is 17.8 Å². The maximum Gasteiger partial charge on any atom is 0.0410 e. The molecule has 3 nitrogen and oxygen atoms in total. The Morgan fingerprint density at radius 2 is 2.18 bits per heavy atom.